The number of hydrogen-bond acceptors (Lipinski definition) is 3. The van der Waals surface area contributed by atoms with E-state index in [0.29, 0.717) is 11.5 Å². The first-order chi connectivity index (χ1) is 6.58. The van der Waals surface area contributed by atoms with Gasteiger partial charge in [-0.2, -0.15) is 0 Å². The Morgan fingerprint density at radius 3 is 2.86 bits per heavy atom. The maximum atomic E-state index is 4.26. The molecule has 3 heteroatoms. The summed E-state index contributed by atoms with van der Waals surface area (Å²) in [6.07, 6.45) is 5.93. The molecule has 1 heterocycles. The maximum Gasteiger partial charge on any atom is 0.109 e. The van der Waals surface area contributed by atoms with Crippen molar-refractivity contribution in [2.45, 2.75) is 46.1 Å². The average molecular weight is 210 g/mol. The van der Waals surface area contributed by atoms with Crippen LogP contribution < -0.4 is 5.32 Å². The van der Waals surface area contributed by atoms with Gasteiger partial charge in [-0.15, -0.1) is 11.3 Å². The van der Waals surface area contributed by atoms with Gasteiger partial charge in [0.2, 0.25) is 0 Å². The lowest BCUT2D eigenvalue weighted by atomic mass is 9.87. The van der Waals surface area contributed by atoms with Gasteiger partial charge in [-0.25, -0.2) is 4.98 Å². The van der Waals surface area contributed by atoms with Crippen molar-refractivity contribution in [1.29, 1.82) is 0 Å². The van der Waals surface area contributed by atoms with Gasteiger partial charge in [0.25, 0.3) is 0 Å². The number of hydrogen-bond donors (Lipinski definition) is 1. The fourth-order valence-electron chi connectivity index (χ4n) is 2.19. The predicted octanol–water partition coefficient (Wildman–Crippen LogP) is 3.44. The summed E-state index contributed by atoms with van der Waals surface area (Å²) in [5.41, 5.74) is 0.442. The van der Waals surface area contributed by atoms with Gasteiger partial charge in [-0.3, -0.25) is 0 Å². The number of anilines is 1. The molecule has 0 aliphatic heterocycles. The van der Waals surface area contributed by atoms with Crippen molar-refractivity contribution < 1.29 is 0 Å². The molecule has 0 amide bonds. The van der Waals surface area contributed by atoms with E-state index in [9.17, 15) is 0 Å². The molecule has 1 aliphatic rings. The minimum Gasteiger partial charge on any atom is -0.372 e. The quantitative estimate of drug-likeness (QED) is 0.808. The van der Waals surface area contributed by atoms with Crippen molar-refractivity contribution in [3.05, 3.63) is 11.2 Å². The maximum absolute atomic E-state index is 4.26. The Morgan fingerprint density at radius 2 is 2.36 bits per heavy atom. The molecule has 1 saturated carbocycles. The van der Waals surface area contributed by atoms with Crippen molar-refractivity contribution in [3.63, 3.8) is 0 Å². The molecule has 1 unspecified atom stereocenters. The zero-order valence-corrected chi connectivity index (χ0v) is 9.95. The number of nitrogens with zero attached hydrogens (tertiary/aromatic N) is 1. The fraction of sp³-hybridized carbons (Fsp3) is 0.727. The van der Waals surface area contributed by atoms with Gasteiger partial charge in [0.05, 0.1) is 11.2 Å². The number of rotatable bonds is 2. The van der Waals surface area contributed by atoms with E-state index in [-0.39, 0.29) is 0 Å². The lowest BCUT2D eigenvalue weighted by Crippen LogP contribution is -2.30. The summed E-state index contributed by atoms with van der Waals surface area (Å²) in [5.74, 6) is 0. The molecule has 2 nitrogen and oxygen atoms in total. The molecule has 2 rings (SSSR count). The van der Waals surface area contributed by atoms with Crippen molar-refractivity contribution >= 4 is 16.3 Å². The largest absolute Gasteiger partial charge is 0.372 e. The topological polar surface area (TPSA) is 24.9 Å². The highest BCUT2D eigenvalue weighted by Crippen LogP contribution is 2.39. The van der Waals surface area contributed by atoms with Crippen LogP contribution in [0.4, 0.5) is 5.00 Å². The second-order valence-corrected chi connectivity index (χ2v) is 6.06. The monoisotopic (exact) mass is 210 g/mol. The Bertz CT molecular complexity index is 317. The smallest absolute Gasteiger partial charge is 0.109 e. The zero-order valence-electron chi connectivity index (χ0n) is 9.13. The van der Waals surface area contributed by atoms with Gasteiger partial charge < -0.3 is 5.32 Å². The van der Waals surface area contributed by atoms with Crippen molar-refractivity contribution in [1.82, 2.24) is 4.98 Å². The molecule has 14 heavy (non-hydrogen) atoms. The molecule has 0 aromatic carbocycles. The van der Waals surface area contributed by atoms with E-state index in [2.05, 4.69) is 31.1 Å². The molecule has 1 aromatic heterocycles. The summed E-state index contributed by atoms with van der Waals surface area (Å²) in [6, 6.07) is 0.627. The van der Waals surface area contributed by atoms with E-state index >= 15 is 0 Å². The Labute approximate surface area is 89.8 Å². The lowest BCUT2D eigenvalue weighted by Gasteiger charge is -2.27. The summed E-state index contributed by atoms with van der Waals surface area (Å²) in [7, 11) is 0. The minimum absolute atomic E-state index is 0.442. The number of nitrogens with one attached hydrogen (secondary N) is 1. The van der Waals surface area contributed by atoms with Crippen LogP contribution in [-0.2, 0) is 0 Å². The van der Waals surface area contributed by atoms with Crippen LogP contribution in [0.1, 0.15) is 38.1 Å². The highest BCUT2D eigenvalue weighted by Gasteiger charge is 2.34. The first-order valence-electron chi connectivity index (χ1n) is 5.27. The molecular weight excluding hydrogens is 192 g/mol. The average Bonchev–Trinajstić information content (AvgIpc) is 2.61. The van der Waals surface area contributed by atoms with Gasteiger partial charge in [0, 0.05) is 6.04 Å². The van der Waals surface area contributed by atoms with E-state index in [4.69, 9.17) is 0 Å². The van der Waals surface area contributed by atoms with Crippen LogP contribution in [0.3, 0.4) is 0 Å². The Hall–Kier alpha value is -0.570. The van der Waals surface area contributed by atoms with Crippen LogP contribution in [0.15, 0.2) is 6.20 Å². The zero-order chi connectivity index (χ0) is 10.2. The van der Waals surface area contributed by atoms with Crippen LogP contribution in [0.25, 0.3) is 0 Å². The molecule has 0 radical (unpaired) electrons. The Balaban J connectivity index is 2.04. The molecule has 1 N–H and O–H groups in total. The summed E-state index contributed by atoms with van der Waals surface area (Å²) in [5, 5.41) is 5.97. The van der Waals surface area contributed by atoms with E-state index in [1.165, 1.54) is 24.3 Å². The van der Waals surface area contributed by atoms with Crippen molar-refractivity contribution in [3.8, 4) is 0 Å². The van der Waals surface area contributed by atoms with Crippen LogP contribution in [0, 0.1) is 12.3 Å². The van der Waals surface area contributed by atoms with Gasteiger partial charge in [0.15, 0.2) is 0 Å². The van der Waals surface area contributed by atoms with Gasteiger partial charge in [0.1, 0.15) is 5.00 Å². The number of aryl methyl sites for hydroxylation is 1. The molecule has 1 atom stereocenters. The molecule has 1 aromatic rings. The van der Waals surface area contributed by atoms with E-state index in [1.807, 2.05) is 6.20 Å². The molecule has 0 spiro atoms. The summed E-state index contributed by atoms with van der Waals surface area (Å²) < 4.78 is 0. The van der Waals surface area contributed by atoms with Gasteiger partial charge >= 0.3 is 0 Å². The standard InChI is InChI=1S/C11H18N2S/c1-8-12-7-10(14-8)13-9-5-4-6-11(9,2)3/h7,9,13H,4-6H2,1-3H3. The SMILES string of the molecule is Cc1ncc(NC2CCCC2(C)C)s1. The van der Waals surface area contributed by atoms with E-state index in [0.717, 1.165) is 5.01 Å². The third kappa shape index (κ3) is 1.92. The second kappa shape index (κ2) is 3.54. The van der Waals surface area contributed by atoms with Gasteiger partial charge in [-0.1, -0.05) is 20.3 Å². The van der Waals surface area contributed by atoms with E-state index in [1.54, 1.807) is 11.3 Å². The molecule has 78 valence electrons. The normalized spacial score (nSPS) is 25.2. The molecular formula is C11H18N2S. The first kappa shape index (κ1) is 9.97. The van der Waals surface area contributed by atoms with Crippen molar-refractivity contribution in [2.24, 2.45) is 5.41 Å². The molecule has 0 bridgehead atoms. The predicted molar refractivity (Wildman–Crippen MR) is 61.9 cm³/mol. The Morgan fingerprint density at radius 1 is 1.57 bits per heavy atom. The van der Waals surface area contributed by atoms with Crippen LogP contribution in [0.2, 0.25) is 0 Å². The summed E-state index contributed by atoms with van der Waals surface area (Å²) in [4.78, 5) is 4.26. The third-order valence-corrected chi connectivity index (χ3v) is 4.04. The van der Waals surface area contributed by atoms with Crippen molar-refractivity contribution in [2.75, 3.05) is 5.32 Å². The van der Waals surface area contributed by atoms with Gasteiger partial charge in [-0.05, 0) is 25.2 Å². The summed E-state index contributed by atoms with van der Waals surface area (Å²) >= 11 is 1.75. The summed E-state index contributed by atoms with van der Waals surface area (Å²) in [6.45, 7) is 6.76. The van der Waals surface area contributed by atoms with Crippen LogP contribution in [0.5, 0.6) is 0 Å². The minimum atomic E-state index is 0.442. The molecule has 1 fully saturated rings. The van der Waals surface area contributed by atoms with E-state index < -0.39 is 0 Å². The highest BCUT2D eigenvalue weighted by molar-refractivity contribution is 7.15. The fourth-order valence-corrected chi connectivity index (χ4v) is 2.92. The number of aromatic nitrogens is 1. The molecule has 1 aliphatic carbocycles. The molecule has 0 saturated heterocycles. The Kier molecular flexibility index (Phi) is 2.52. The lowest BCUT2D eigenvalue weighted by molar-refractivity contribution is 0.350. The third-order valence-electron chi connectivity index (χ3n) is 3.19. The van der Waals surface area contributed by atoms with Crippen LogP contribution in [-0.4, -0.2) is 11.0 Å². The highest BCUT2D eigenvalue weighted by atomic mass is 32.1. The number of thiazole rings is 1. The second-order valence-electron chi connectivity index (χ2n) is 4.82. The van der Waals surface area contributed by atoms with Crippen LogP contribution >= 0.6 is 11.3 Å². The first-order valence-corrected chi connectivity index (χ1v) is 6.08.